The average molecular weight is 306 g/mol. The first-order chi connectivity index (χ1) is 10.4. The molecule has 2 rings (SSSR count). The maximum atomic E-state index is 12.0. The van der Waals surface area contributed by atoms with Gasteiger partial charge >= 0.3 is 0 Å². The van der Waals surface area contributed by atoms with Gasteiger partial charge in [-0.1, -0.05) is 0 Å². The lowest BCUT2D eigenvalue weighted by Gasteiger charge is -2.12. The van der Waals surface area contributed by atoms with Crippen LogP contribution in [0.25, 0.3) is 5.69 Å². The van der Waals surface area contributed by atoms with Crippen molar-refractivity contribution in [1.82, 2.24) is 4.57 Å². The molecule has 0 aliphatic carbocycles. The Morgan fingerprint density at radius 3 is 2.05 bits per heavy atom. The maximum absolute atomic E-state index is 12.0. The predicted octanol–water partition coefficient (Wildman–Crippen LogP) is 1.65. The van der Waals surface area contributed by atoms with E-state index in [-0.39, 0.29) is 11.5 Å². The van der Waals surface area contributed by atoms with Gasteiger partial charge in [-0.2, -0.15) is 4.57 Å². The van der Waals surface area contributed by atoms with Crippen LogP contribution in [0.1, 0.15) is 23.1 Å². The van der Waals surface area contributed by atoms with E-state index in [9.17, 15) is 10.0 Å². The monoisotopic (exact) mass is 306 g/mol. The summed E-state index contributed by atoms with van der Waals surface area (Å²) in [4.78, 5) is 11.6. The molecule has 0 saturated heterocycles. The van der Waals surface area contributed by atoms with Crippen LogP contribution in [-0.4, -0.2) is 31.7 Å². The summed E-state index contributed by atoms with van der Waals surface area (Å²) < 4.78 is 18.1. The molecule has 0 saturated carbocycles. The number of rotatable bonds is 5. The van der Waals surface area contributed by atoms with Gasteiger partial charge in [-0.15, -0.1) is 0 Å². The maximum Gasteiger partial charge on any atom is 0.253 e. The zero-order valence-corrected chi connectivity index (χ0v) is 13.2. The molecule has 0 fully saturated rings. The average Bonchev–Trinajstić information content (AvgIpc) is 2.80. The van der Waals surface area contributed by atoms with Gasteiger partial charge in [-0.3, -0.25) is 4.79 Å². The molecule has 2 aromatic rings. The number of methoxy groups -OCH3 is 3. The highest BCUT2D eigenvalue weighted by atomic mass is 16.5. The lowest BCUT2D eigenvalue weighted by molar-refractivity contribution is -0.606. The van der Waals surface area contributed by atoms with Gasteiger partial charge in [0.25, 0.3) is 6.33 Å². The lowest BCUT2D eigenvalue weighted by Crippen LogP contribution is -2.30. The number of nitrogens with zero attached hydrogens (tertiary/aromatic N) is 2. The number of hydrogen-bond donors (Lipinski definition) is 0. The van der Waals surface area contributed by atoms with Crippen LogP contribution < -0.4 is 18.9 Å². The van der Waals surface area contributed by atoms with Gasteiger partial charge in [-0.25, -0.2) is 4.73 Å². The lowest BCUT2D eigenvalue weighted by atomic mass is 10.2. The minimum Gasteiger partial charge on any atom is -0.710 e. The van der Waals surface area contributed by atoms with Crippen LogP contribution >= 0.6 is 0 Å². The first kappa shape index (κ1) is 15.7. The van der Waals surface area contributed by atoms with E-state index in [2.05, 4.69) is 0 Å². The van der Waals surface area contributed by atoms with E-state index >= 15 is 0 Å². The first-order valence-corrected chi connectivity index (χ1v) is 6.57. The number of carbonyl (C=O) groups is 1. The van der Waals surface area contributed by atoms with Crippen LogP contribution in [0.3, 0.4) is 0 Å². The zero-order chi connectivity index (χ0) is 16.4. The second-order valence-corrected chi connectivity index (χ2v) is 4.68. The Labute approximate surface area is 128 Å². The second kappa shape index (κ2) is 5.97. The van der Waals surface area contributed by atoms with Crippen LogP contribution in [0.15, 0.2) is 18.5 Å². The topological polar surface area (TPSA) is 76.6 Å². The normalized spacial score (nSPS) is 10.4. The number of ether oxygens (including phenoxy) is 3. The number of aromatic nitrogens is 2. The fourth-order valence-electron chi connectivity index (χ4n) is 2.38. The van der Waals surface area contributed by atoms with Crippen molar-refractivity contribution >= 4 is 5.78 Å². The predicted molar refractivity (Wildman–Crippen MR) is 79.1 cm³/mol. The standard InChI is InChI=1S/C15H18N2O5/c1-9-14(10(2)18)17(19)8-16(9)15-12(21-4)6-11(20-3)7-13(15)22-5/h6-8H,1-5H3. The Morgan fingerprint density at radius 2 is 1.68 bits per heavy atom. The van der Waals surface area contributed by atoms with E-state index in [1.54, 1.807) is 23.6 Å². The highest BCUT2D eigenvalue weighted by Gasteiger charge is 2.27. The van der Waals surface area contributed by atoms with Gasteiger partial charge in [0.05, 0.1) is 21.3 Å². The number of Topliss-reactive ketones (excluding diaryl/α,β-unsaturated/α-hetero) is 1. The molecule has 1 heterocycles. The van der Waals surface area contributed by atoms with E-state index < -0.39 is 0 Å². The van der Waals surface area contributed by atoms with Gasteiger partial charge in [-0.05, 0) is 0 Å². The molecule has 7 heteroatoms. The molecule has 1 aromatic heterocycles. The molecule has 0 aliphatic heterocycles. The summed E-state index contributed by atoms with van der Waals surface area (Å²) in [7, 11) is 4.55. The van der Waals surface area contributed by atoms with Crippen molar-refractivity contribution in [3.8, 4) is 22.9 Å². The summed E-state index contributed by atoms with van der Waals surface area (Å²) in [6.45, 7) is 3.04. The Balaban J connectivity index is 2.77. The summed E-state index contributed by atoms with van der Waals surface area (Å²) in [5.41, 5.74) is 1.12. The quantitative estimate of drug-likeness (QED) is 0.477. The molecule has 0 aliphatic rings. The largest absolute Gasteiger partial charge is 0.710 e. The van der Waals surface area contributed by atoms with Gasteiger partial charge in [0.15, 0.2) is 17.2 Å². The minimum absolute atomic E-state index is 0.0833. The van der Waals surface area contributed by atoms with Gasteiger partial charge < -0.3 is 19.4 Å². The third kappa shape index (κ3) is 2.45. The Morgan fingerprint density at radius 1 is 1.14 bits per heavy atom. The molecule has 118 valence electrons. The zero-order valence-electron chi connectivity index (χ0n) is 13.2. The Bertz CT molecular complexity index is 696. The third-order valence-electron chi connectivity index (χ3n) is 3.41. The molecular formula is C15H18N2O5. The summed E-state index contributed by atoms with van der Waals surface area (Å²) in [6, 6.07) is 3.36. The number of imidazole rings is 1. The third-order valence-corrected chi connectivity index (χ3v) is 3.41. The molecule has 0 spiro atoms. The number of ketones is 1. The molecule has 0 N–H and O–H groups in total. The van der Waals surface area contributed by atoms with E-state index in [0.717, 1.165) is 0 Å². The van der Waals surface area contributed by atoms with Crippen LogP contribution in [0, 0.1) is 12.1 Å². The summed E-state index contributed by atoms with van der Waals surface area (Å²) in [5.74, 6) is 1.18. The minimum atomic E-state index is -0.308. The van der Waals surface area contributed by atoms with Crippen LogP contribution in [0.5, 0.6) is 17.2 Å². The van der Waals surface area contributed by atoms with Crippen LogP contribution in [0.2, 0.25) is 0 Å². The van der Waals surface area contributed by atoms with Gasteiger partial charge in [0, 0.05) is 26.0 Å². The second-order valence-electron chi connectivity index (χ2n) is 4.68. The Kier molecular flexibility index (Phi) is 4.25. The van der Waals surface area contributed by atoms with Crippen molar-refractivity contribution in [3.63, 3.8) is 0 Å². The van der Waals surface area contributed by atoms with Crippen molar-refractivity contribution in [2.24, 2.45) is 0 Å². The Hall–Kier alpha value is -2.70. The van der Waals surface area contributed by atoms with Crippen LogP contribution in [-0.2, 0) is 0 Å². The highest BCUT2D eigenvalue weighted by molar-refractivity contribution is 5.92. The van der Waals surface area contributed by atoms with E-state index in [0.29, 0.717) is 33.4 Å². The molecule has 1 aromatic carbocycles. The molecule has 0 radical (unpaired) electrons. The number of carbonyl (C=O) groups excluding carboxylic acids is 1. The molecule has 0 bridgehead atoms. The SMILES string of the molecule is COc1cc(OC)c(-n2c[n+]([O-])c(C(C)=O)c2C)c(OC)c1. The molecule has 0 amide bonds. The van der Waals surface area contributed by atoms with E-state index in [4.69, 9.17) is 14.2 Å². The summed E-state index contributed by atoms with van der Waals surface area (Å²) >= 11 is 0. The molecule has 7 nitrogen and oxygen atoms in total. The fourth-order valence-corrected chi connectivity index (χ4v) is 2.38. The van der Waals surface area contributed by atoms with Gasteiger partial charge in [0.2, 0.25) is 17.2 Å². The summed E-state index contributed by atoms with van der Waals surface area (Å²) in [6.07, 6.45) is 1.28. The van der Waals surface area contributed by atoms with E-state index in [1.807, 2.05) is 0 Å². The smallest absolute Gasteiger partial charge is 0.253 e. The molecule has 0 atom stereocenters. The number of hydrogen-bond acceptors (Lipinski definition) is 5. The van der Waals surface area contributed by atoms with Crippen molar-refractivity contribution in [2.45, 2.75) is 13.8 Å². The van der Waals surface area contributed by atoms with Crippen molar-refractivity contribution < 1.29 is 23.7 Å². The van der Waals surface area contributed by atoms with Crippen LogP contribution in [0.4, 0.5) is 0 Å². The molecule has 22 heavy (non-hydrogen) atoms. The first-order valence-electron chi connectivity index (χ1n) is 6.57. The number of benzene rings is 1. The van der Waals surface area contributed by atoms with E-state index in [1.165, 1.54) is 34.6 Å². The molecular weight excluding hydrogens is 288 g/mol. The van der Waals surface area contributed by atoms with Crippen molar-refractivity contribution in [2.75, 3.05) is 21.3 Å². The highest BCUT2D eigenvalue weighted by Crippen LogP contribution is 2.37. The van der Waals surface area contributed by atoms with Crippen molar-refractivity contribution in [3.05, 3.63) is 35.1 Å². The molecule has 0 unspecified atom stereocenters. The van der Waals surface area contributed by atoms with Crippen molar-refractivity contribution in [1.29, 1.82) is 0 Å². The summed E-state index contributed by atoms with van der Waals surface area (Å²) in [5, 5.41) is 12.0. The van der Waals surface area contributed by atoms with Gasteiger partial charge in [0.1, 0.15) is 5.75 Å². The fraction of sp³-hybridized carbons (Fsp3) is 0.333.